The van der Waals surface area contributed by atoms with E-state index >= 15 is 0 Å². The number of imide groups is 1. The third-order valence-electron chi connectivity index (χ3n) is 6.10. The minimum absolute atomic E-state index is 0.144. The number of halogens is 2. The van der Waals surface area contributed by atoms with Crippen LogP contribution in [0.25, 0.3) is 0 Å². The van der Waals surface area contributed by atoms with Crippen LogP contribution < -0.4 is 0 Å². The lowest BCUT2D eigenvalue weighted by atomic mass is 9.85. The van der Waals surface area contributed by atoms with Gasteiger partial charge in [0.25, 0.3) is 17.5 Å². The Balaban J connectivity index is 1.31. The van der Waals surface area contributed by atoms with Gasteiger partial charge in [-0.25, -0.2) is 0 Å². The molecule has 0 spiro atoms. The van der Waals surface area contributed by atoms with Gasteiger partial charge >= 0.3 is 5.97 Å². The first-order valence-electron chi connectivity index (χ1n) is 10.5. The molecular formula is C23H18Cl2N2O7. The number of Topliss-reactive ketones (excluding diaryl/α,β-unsaturated/α-hetero) is 1. The van der Waals surface area contributed by atoms with Crippen LogP contribution in [0.2, 0.25) is 10.0 Å². The fourth-order valence-electron chi connectivity index (χ4n) is 4.26. The summed E-state index contributed by atoms with van der Waals surface area (Å²) in [6, 6.07) is 7.45. The summed E-state index contributed by atoms with van der Waals surface area (Å²) in [6.07, 6.45) is 1.63. The van der Waals surface area contributed by atoms with Crippen molar-refractivity contribution >= 4 is 52.5 Å². The van der Waals surface area contributed by atoms with Gasteiger partial charge in [0.15, 0.2) is 12.4 Å². The van der Waals surface area contributed by atoms with E-state index in [9.17, 15) is 29.3 Å². The number of esters is 1. The van der Waals surface area contributed by atoms with Crippen LogP contribution in [-0.2, 0) is 9.53 Å². The minimum Gasteiger partial charge on any atom is -0.457 e. The molecule has 2 aromatic rings. The molecule has 0 bridgehead atoms. The van der Waals surface area contributed by atoms with Gasteiger partial charge in [-0.3, -0.25) is 34.2 Å². The number of ether oxygens (including phenoxy) is 1. The van der Waals surface area contributed by atoms with Crippen LogP contribution in [-0.4, -0.2) is 46.0 Å². The Labute approximate surface area is 203 Å². The van der Waals surface area contributed by atoms with Crippen molar-refractivity contribution in [2.24, 2.45) is 5.92 Å². The predicted molar refractivity (Wildman–Crippen MR) is 121 cm³/mol. The first-order valence-corrected chi connectivity index (χ1v) is 11.2. The van der Waals surface area contributed by atoms with Crippen molar-refractivity contribution in [3.05, 3.63) is 73.2 Å². The lowest BCUT2D eigenvalue weighted by molar-refractivity contribution is -0.384. The third-order valence-corrected chi connectivity index (χ3v) is 6.82. The van der Waals surface area contributed by atoms with Gasteiger partial charge in [-0.2, -0.15) is 0 Å². The molecule has 1 aliphatic carbocycles. The average Bonchev–Trinajstić information content (AvgIpc) is 3.06. The Kier molecular flexibility index (Phi) is 6.67. The van der Waals surface area contributed by atoms with E-state index in [1.165, 1.54) is 41.3 Å². The second kappa shape index (κ2) is 9.52. The number of carbonyl (C=O) groups is 4. The van der Waals surface area contributed by atoms with Crippen molar-refractivity contribution in [3.8, 4) is 0 Å². The van der Waals surface area contributed by atoms with E-state index in [0.717, 1.165) is 0 Å². The molecule has 11 heteroatoms. The predicted octanol–water partition coefficient (Wildman–Crippen LogP) is 4.48. The molecule has 1 saturated carbocycles. The van der Waals surface area contributed by atoms with Crippen LogP contribution in [0.3, 0.4) is 0 Å². The van der Waals surface area contributed by atoms with Gasteiger partial charge in [0.05, 0.1) is 32.0 Å². The molecule has 0 radical (unpaired) electrons. The second-order valence-electron chi connectivity index (χ2n) is 8.13. The summed E-state index contributed by atoms with van der Waals surface area (Å²) < 4.78 is 5.16. The van der Waals surface area contributed by atoms with Crippen molar-refractivity contribution in [1.82, 2.24) is 4.90 Å². The molecule has 2 amide bonds. The Morgan fingerprint density at radius 1 is 0.971 bits per heavy atom. The summed E-state index contributed by atoms with van der Waals surface area (Å²) in [5.74, 6) is -2.33. The standard InChI is InChI=1S/C23H18Cl2N2O7/c24-18-9-16-17(10-19(18)25)22(30)26(21(16)29)14-5-3-13(4-6-14)23(31)34-11-20(28)12-1-7-15(8-2-12)27(32)33/h1-2,7-10,13-14H,3-6,11H2. The monoisotopic (exact) mass is 504 g/mol. The number of benzene rings is 2. The Morgan fingerprint density at radius 3 is 2.00 bits per heavy atom. The lowest BCUT2D eigenvalue weighted by Crippen LogP contribution is -2.42. The van der Waals surface area contributed by atoms with Crippen LogP contribution in [0.15, 0.2) is 36.4 Å². The summed E-state index contributed by atoms with van der Waals surface area (Å²) in [7, 11) is 0. The zero-order valence-corrected chi connectivity index (χ0v) is 19.2. The molecule has 34 heavy (non-hydrogen) atoms. The summed E-state index contributed by atoms with van der Waals surface area (Å²) in [4.78, 5) is 61.6. The number of hydrogen-bond donors (Lipinski definition) is 0. The normalized spacial score (nSPS) is 19.6. The van der Waals surface area contributed by atoms with Crippen LogP contribution in [0.4, 0.5) is 5.69 Å². The molecule has 0 atom stereocenters. The fourth-order valence-corrected chi connectivity index (χ4v) is 4.59. The number of nitro benzene ring substituents is 1. The molecule has 9 nitrogen and oxygen atoms in total. The molecule has 2 aliphatic rings. The number of nitro groups is 1. The van der Waals surface area contributed by atoms with E-state index in [1.807, 2.05) is 0 Å². The van der Waals surface area contributed by atoms with Crippen LogP contribution in [0.5, 0.6) is 0 Å². The molecule has 176 valence electrons. The summed E-state index contributed by atoms with van der Waals surface area (Å²) >= 11 is 12.0. The van der Waals surface area contributed by atoms with Gasteiger partial charge in [-0.1, -0.05) is 23.2 Å². The highest BCUT2D eigenvalue weighted by atomic mass is 35.5. The quantitative estimate of drug-likeness (QED) is 0.186. The van der Waals surface area contributed by atoms with Gasteiger partial charge in [-0.05, 0) is 49.9 Å². The number of rotatable bonds is 6. The molecule has 0 N–H and O–H groups in total. The van der Waals surface area contributed by atoms with E-state index < -0.39 is 41.0 Å². The summed E-state index contributed by atoms with van der Waals surface area (Å²) in [5, 5.41) is 11.1. The maximum Gasteiger partial charge on any atom is 0.309 e. The van der Waals surface area contributed by atoms with Crippen molar-refractivity contribution in [2.75, 3.05) is 6.61 Å². The van der Waals surface area contributed by atoms with Gasteiger partial charge in [0.2, 0.25) is 0 Å². The van der Waals surface area contributed by atoms with Gasteiger partial charge in [0.1, 0.15) is 0 Å². The Hall–Kier alpha value is -3.30. The van der Waals surface area contributed by atoms with Crippen molar-refractivity contribution in [1.29, 1.82) is 0 Å². The summed E-state index contributed by atoms with van der Waals surface area (Å²) in [5.41, 5.74) is 0.485. The topological polar surface area (TPSA) is 124 Å². The van der Waals surface area contributed by atoms with Gasteiger partial charge in [0, 0.05) is 23.7 Å². The fraction of sp³-hybridized carbons (Fsp3) is 0.304. The number of ketones is 1. The van der Waals surface area contributed by atoms with Crippen LogP contribution >= 0.6 is 23.2 Å². The van der Waals surface area contributed by atoms with E-state index in [0.29, 0.717) is 25.7 Å². The zero-order chi connectivity index (χ0) is 24.6. The highest BCUT2D eigenvalue weighted by Gasteiger charge is 2.42. The molecule has 1 aliphatic heterocycles. The Bertz CT molecular complexity index is 1160. The molecule has 2 aromatic carbocycles. The SMILES string of the molecule is O=C(COC(=O)C1CCC(N2C(=O)c3cc(Cl)c(Cl)cc3C2=O)CC1)c1ccc([N+](=O)[O-])cc1. The number of nitrogens with zero attached hydrogens (tertiary/aromatic N) is 2. The van der Waals surface area contributed by atoms with Gasteiger partial charge in [-0.15, -0.1) is 0 Å². The third kappa shape index (κ3) is 4.53. The van der Waals surface area contributed by atoms with E-state index in [1.54, 1.807) is 0 Å². The molecule has 1 fully saturated rings. The number of hydrogen-bond acceptors (Lipinski definition) is 7. The molecule has 0 saturated heterocycles. The maximum absolute atomic E-state index is 12.8. The van der Waals surface area contributed by atoms with E-state index in [2.05, 4.69) is 0 Å². The van der Waals surface area contributed by atoms with Crippen LogP contribution in [0.1, 0.15) is 56.8 Å². The van der Waals surface area contributed by atoms with Crippen molar-refractivity contribution in [3.63, 3.8) is 0 Å². The molecule has 0 unspecified atom stereocenters. The zero-order valence-electron chi connectivity index (χ0n) is 17.7. The van der Waals surface area contributed by atoms with Crippen LogP contribution in [0, 0.1) is 16.0 Å². The highest BCUT2D eigenvalue weighted by Crippen LogP contribution is 2.36. The van der Waals surface area contributed by atoms with E-state index in [-0.39, 0.29) is 38.5 Å². The molecule has 0 aromatic heterocycles. The second-order valence-corrected chi connectivity index (χ2v) is 8.95. The smallest absolute Gasteiger partial charge is 0.309 e. The largest absolute Gasteiger partial charge is 0.457 e. The number of carbonyl (C=O) groups excluding carboxylic acids is 4. The minimum atomic E-state index is -0.573. The van der Waals surface area contributed by atoms with E-state index in [4.69, 9.17) is 27.9 Å². The Morgan fingerprint density at radius 2 is 1.50 bits per heavy atom. The maximum atomic E-state index is 12.8. The first-order chi connectivity index (χ1) is 16.2. The lowest BCUT2D eigenvalue weighted by Gasteiger charge is -2.32. The molecular weight excluding hydrogens is 487 g/mol. The molecule has 1 heterocycles. The number of amides is 2. The van der Waals surface area contributed by atoms with Crippen molar-refractivity contribution < 1.29 is 28.8 Å². The first kappa shape index (κ1) is 23.8. The number of non-ortho nitro benzene ring substituents is 1. The number of fused-ring (bicyclic) bond motifs is 1. The highest BCUT2D eigenvalue weighted by molar-refractivity contribution is 6.43. The van der Waals surface area contributed by atoms with Crippen molar-refractivity contribution in [2.45, 2.75) is 31.7 Å². The summed E-state index contributed by atoms with van der Waals surface area (Å²) in [6.45, 7) is -0.476. The average molecular weight is 505 g/mol. The molecule has 4 rings (SSSR count). The van der Waals surface area contributed by atoms with Gasteiger partial charge < -0.3 is 4.74 Å².